The van der Waals surface area contributed by atoms with E-state index in [1.807, 2.05) is 12.3 Å². The molecule has 2 heterocycles. The minimum absolute atomic E-state index is 0.0632. The van der Waals surface area contributed by atoms with Crippen molar-refractivity contribution in [2.75, 3.05) is 26.2 Å². The van der Waals surface area contributed by atoms with Crippen LogP contribution in [0.2, 0.25) is 0 Å². The highest BCUT2D eigenvalue weighted by atomic mass is 19.1. The van der Waals surface area contributed by atoms with Crippen molar-refractivity contribution in [2.45, 2.75) is 39.3 Å². The third kappa shape index (κ3) is 13.0. The summed E-state index contributed by atoms with van der Waals surface area (Å²) < 4.78 is 19.1. The van der Waals surface area contributed by atoms with Gasteiger partial charge in [0.25, 0.3) is 17.8 Å². The first-order valence-corrected chi connectivity index (χ1v) is 11.1. The van der Waals surface area contributed by atoms with Gasteiger partial charge in [-0.15, -0.1) is 0 Å². The highest BCUT2D eigenvalue weighted by Crippen LogP contribution is 2.21. The number of amides is 1. The number of likely N-dealkylation sites (tertiary alicyclic amines) is 1. The van der Waals surface area contributed by atoms with Gasteiger partial charge < -0.3 is 26.0 Å². The lowest BCUT2D eigenvalue weighted by atomic mass is 10.0. The standard InChI is InChI=1S/C20H25FN4O2.2C2H4O2/c21-16-3-4-19(27-11-7-22)18(12-16)20(26)24-17-5-9-25(10-6-17)14-15-2-1-8-23-13-15;2*1-2(3)4/h1-4,8,12-13,17H,5-7,9-11,14,22H2,(H,24,26);2*1H3,(H,3,4). The van der Waals surface area contributed by atoms with E-state index in [1.54, 1.807) is 6.20 Å². The van der Waals surface area contributed by atoms with Crippen LogP contribution < -0.4 is 15.8 Å². The summed E-state index contributed by atoms with van der Waals surface area (Å²) >= 11 is 0. The zero-order valence-corrected chi connectivity index (χ0v) is 19.9. The largest absolute Gasteiger partial charge is 0.491 e. The summed E-state index contributed by atoms with van der Waals surface area (Å²) in [6, 6.07) is 8.02. The fraction of sp³-hybridized carbons (Fsp3) is 0.417. The molecular weight excluding hydrogens is 459 g/mol. The SMILES string of the molecule is CC(=O)O.CC(=O)O.NCCOc1ccc(F)cc1C(=O)NC1CCN(Cc2cccnc2)CC1. The Hall–Kier alpha value is -3.57. The van der Waals surface area contributed by atoms with E-state index in [0.29, 0.717) is 12.3 Å². The quantitative estimate of drug-likeness (QED) is 0.455. The lowest BCUT2D eigenvalue weighted by Gasteiger charge is -2.32. The van der Waals surface area contributed by atoms with Crippen LogP contribution in [-0.2, 0) is 16.1 Å². The van der Waals surface area contributed by atoms with Gasteiger partial charge in [-0.05, 0) is 42.7 Å². The average Bonchev–Trinajstić information content (AvgIpc) is 2.79. The molecule has 5 N–H and O–H groups in total. The van der Waals surface area contributed by atoms with Crippen molar-refractivity contribution in [2.24, 2.45) is 5.73 Å². The van der Waals surface area contributed by atoms with Crippen molar-refractivity contribution < 1.29 is 33.7 Å². The Morgan fingerprint density at radius 3 is 2.34 bits per heavy atom. The zero-order chi connectivity index (χ0) is 26.2. The van der Waals surface area contributed by atoms with Crippen molar-refractivity contribution >= 4 is 17.8 Å². The number of aromatic nitrogens is 1. The van der Waals surface area contributed by atoms with Gasteiger partial charge in [0.05, 0.1) is 5.56 Å². The third-order valence-electron chi connectivity index (χ3n) is 4.61. The molecule has 10 nitrogen and oxygen atoms in total. The summed E-state index contributed by atoms with van der Waals surface area (Å²) in [6.07, 6.45) is 5.34. The molecule has 0 bridgehead atoms. The molecule has 1 aromatic carbocycles. The normalized spacial score (nSPS) is 13.4. The summed E-state index contributed by atoms with van der Waals surface area (Å²) in [7, 11) is 0. The Labute approximate surface area is 203 Å². The van der Waals surface area contributed by atoms with Gasteiger partial charge in [-0.25, -0.2) is 4.39 Å². The van der Waals surface area contributed by atoms with Crippen LogP contribution in [0.5, 0.6) is 5.75 Å². The zero-order valence-electron chi connectivity index (χ0n) is 19.9. The van der Waals surface area contributed by atoms with E-state index in [9.17, 15) is 9.18 Å². The Balaban J connectivity index is 0.000000668. The molecule has 0 aliphatic carbocycles. The smallest absolute Gasteiger partial charge is 0.300 e. The maximum Gasteiger partial charge on any atom is 0.300 e. The molecule has 0 radical (unpaired) electrons. The number of carboxylic acids is 2. The van der Waals surface area contributed by atoms with Gasteiger partial charge in [0, 0.05) is 58.5 Å². The molecule has 1 amide bonds. The first-order valence-electron chi connectivity index (χ1n) is 11.1. The number of nitrogens with one attached hydrogen (secondary N) is 1. The van der Waals surface area contributed by atoms with Gasteiger partial charge in [0.15, 0.2) is 0 Å². The van der Waals surface area contributed by atoms with Gasteiger partial charge in [0.2, 0.25) is 0 Å². The van der Waals surface area contributed by atoms with E-state index >= 15 is 0 Å². The fourth-order valence-corrected chi connectivity index (χ4v) is 3.22. The van der Waals surface area contributed by atoms with E-state index < -0.39 is 17.8 Å². The van der Waals surface area contributed by atoms with Crippen LogP contribution in [0.25, 0.3) is 0 Å². The molecule has 1 fully saturated rings. The van der Waals surface area contributed by atoms with Crippen molar-refractivity contribution in [3.63, 3.8) is 0 Å². The minimum atomic E-state index is -0.833. The second-order valence-corrected chi connectivity index (χ2v) is 7.70. The van der Waals surface area contributed by atoms with Crippen LogP contribution in [0.15, 0.2) is 42.7 Å². The summed E-state index contributed by atoms with van der Waals surface area (Å²) in [5, 5.41) is 17.8. The maximum absolute atomic E-state index is 13.6. The van der Waals surface area contributed by atoms with Gasteiger partial charge >= 0.3 is 0 Å². The van der Waals surface area contributed by atoms with Gasteiger partial charge in [0.1, 0.15) is 18.2 Å². The molecule has 0 spiro atoms. The molecule has 1 aromatic heterocycles. The lowest BCUT2D eigenvalue weighted by molar-refractivity contribution is -0.135. The predicted molar refractivity (Wildman–Crippen MR) is 128 cm³/mol. The van der Waals surface area contributed by atoms with Crippen molar-refractivity contribution in [3.05, 3.63) is 59.7 Å². The number of aliphatic carboxylic acids is 2. The Bertz CT molecular complexity index is 917. The monoisotopic (exact) mass is 492 g/mol. The molecule has 1 saturated heterocycles. The first-order chi connectivity index (χ1) is 16.6. The highest BCUT2D eigenvalue weighted by Gasteiger charge is 2.23. The number of nitrogens with two attached hydrogens (primary N) is 1. The highest BCUT2D eigenvalue weighted by molar-refractivity contribution is 5.97. The average molecular weight is 493 g/mol. The Morgan fingerprint density at radius 1 is 1.17 bits per heavy atom. The summed E-state index contributed by atoms with van der Waals surface area (Å²) in [5.41, 5.74) is 6.83. The molecule has 0 unspecified atom stereocenters. The van der Waals surface area contributed by atoms with Crippen molar-refractivity contribution in [1.29, 1.82) is 0 Å². The molecule has 0 saturated carbocycles. The van der Waals surface area contributed by atoms with Crippen LogP contribution in [0, 0.1) is 5.82 Å². The number of halogens is 1. The molecule has 2 aromatic rings. The minimum Gasteiger partial charge on any atom is -0.491 e. The molecule has 35 heavy (non-hydrogen) atoms. The van der Waals surface area contributed by atoms with E-state index in [1.165, 1.54) is 23.8 Å². The van der Waals surface area contributed by atoms with Gasteiger partial charge in [-0.2, -0.15) is 0 Å². The van der Waals surface area contributed by atoms with Crippen LogP contribution in [0.4, 0.5) is 4.39 Å². The van der Waals surface area contributed by atoms with Crippen LogP contribution >= 0.6 is 0 Å². The van der Waals surface area contributed by atoms with Crippen molar-refractivity contribution in [3.8, 4) is 5.75 Å². The molecular formula is C24H33FN4O6. The lowest BCUT2D eigenvalue weighted by Crippen LogP contribution is -2.44. The number of benzene rings is 1. The second-order valence-electron chi connectivity index (χ2n) is 7.70. The number of piperidine rings is 1. The van der Waals surface area contributed by atoms with Crippen LogP contribution in [0.1, 0.15) is 42.6 Å². The van der Waals surface area contributed by atoms with Gasteiger partial charge in [-0.1, -0.05) is 6.07 Å². The predicted octanol–water partition coefficient (Wildman–Crippen LogP) is 2.13. The number of hydrogen-bond acceptors (Lipinski definition) is 7. The number of carboxylic acid groups (broad SMARTS) is 2. The number of carbonyl (C=O) groups is 3. The van der Waals surface area contributed by atoms with Crippen LogP contribution in [-0.4, -0.2) is 70.2 Å². The molecule has 11 heteroatoms. The number of carbonyl (C=O) groups excluding carboxylic acids is 1. The van der Waals surface area contributed by atoms with Crippen molar-refractivity contribution in [1.82, 2.24) is 15.2 Å². The third-order valence-corrected chi connectivity index (χ3v) is 4.61. The van der Waals surface area contributed by atoms with Gasteiger partial charge in [-0.3, -0.25) is 24.3 Å². The summed E-state index contributed by atoms with van der Waals surface area (Å²) in [4.78, 5) is 37.1. The molecule has 1 aliphatic heterocycles. The summed E-state index contributed by atoms with van der Waals surface area (Å²) in [5.74, 6) is -2.09. The van der Waals surface area contributed by atoms with E-state index in [4.69, 9.17) is 30.3 Å². The van der Waals surface area contributed by atoms with E-state index in [2.05, 4.69) is 21.3 Å². The summed E-state index contributed by atoms with van der Waals surface area (Å²) in [6.45, 7) is 5.40. The number of hydrogen-bond donors (Lipinski definition) is 4. The number of ether oxygens (including phenoxy) is 1. The number of nitrogens with zero attached hydrogens (tertiary/aromatic N) is 2. The molecule has 3 rings (SSSR count). The number of pyridine rings is 1. The molecule has 1 aliphatic rings. The van der Waals surface area contributed by atoms with E-state index in [-0.39, 0.29) is 24.1 Å². The second kappa shape index (κ2) is 16.1. The Kier molecular flexibility index (Phi) is 13.6. The van der Waals surface area contributed by atoms with Crippen LogP contribution in [0.3, 0.4) is 0 Å². The molecule has 0 atom stereocenters. The first kappa shape index (κ1) is 29.5. The topological polar surface area (TPSA) is 155 Å². The van der Waals surface area contributed by atoms with E-state index in [0.717, 1.165) is 46.3 Å². The Morgan fingerprint density at radius 2 is 1.80 bits per heavy atom. The number of rotatable bonds is 7. The maximum atomic E-state index is 13.6. The fourth-order valence-electron chi connectivity index (χ4n) is 3.22. The molecule has 192 valence electrons.